The van der Waals surface area contributed by atoms with Crippen molar-refractivity contribution < 1.29 is 14.4 Å². The van der Waals surface area contributed by atoms with Gasteiger partial charge >= 0.3 is 6.03 Å². The molecule has 2 bridgehead atoms. The fourth-order valence-corrected chi connectivity index (χ4v) is 4.56. The monoisotopic (exact) mass is 373 g/mol. The molecule has 0 unspecified atom stereocenters. The van der Waals surface area contributed by atoms with E-state index in [0.717, 1.165) is 12.8 Å². The summed E-state index contributed by atoms with van der Waals surface area (Å²) in [6.07, 6.45) is 5.36. The molecular weight excluding hydrogens is 354 g/mol. The number of hydrogen-bond donors (Lipinski definition) is 2. The number of imide groups is 1. The van der Waals surface area contributed by atoms with Crippen LogP contribution in [0, 0.1) is 23.7 Å². The van der Waals surface area contributed by atoms with Gasteiger partial charge in [0.1, 0.15) is 6.17 Å². The number of urea groups is 1. The molecule has 1 aromatic carbocycles. The fraction of sp³-hybridized carbons (Fsp3) is 0.421. The van der Waals surface area contributed by atoms with Crippen molar-refractivity contribution in [3.05, 3.63) is 41.4 Å². The number of rotatable bonds is 3. The minimum absolute atomic E-state index is 0.140. The molecule has 2 fully saturated rings. The van der Waals surface area contributed by atoms with Crippen molar-refractivity contribution in [3.63, 3.8) is 0 Å². The first-order valence-electron chi connectivity index (χ1n) is 8.84. The van der Waals surface area contributed by atoms with Gasteiger partial charge in [0, 0.05) is 10.7 Å². The summed E-state index contributed by atoms with van der Waals surface area (Å²) in [6.45, 7) is 1.66. The van der Waals surface area contributed by atoms with Crippen molar-refractivity contribution >= 4 is 35.1 Å². The highest BCUT2D eigenvalue weighted by Crippen LogP contribution is 2.49. The third-order valence-electron chi connectivity index (χ3n) is 5.62. The van der Waals surface area contributed by atoms with E-state index >= 15 is 0 Å². The number of anilines is 1. The number of nitrogens with zero attached hydrogens (tertiary/aromatic N) is 1. The van der Waals surface area contributed by atoms with Crippen molar-refractivity contribution in [1.29, 1.82) is 0 Å². The summed E-state index contributed by atoms with van der Waals surface area (Å²) < 4.78 is 0. The van der Waals surface area contributed by atoms with E-state index in [-0.39, 0.29) is 35.5 Å². The lowest BCUT2D eigenvalue weighted by atomic mass is 9.63. The van der Waals surface area contributed by atoms with Crippen LogP contribution in [0.3, 0.4) is 0 Å². The number of likely N-dealkylation sites (tertiary alicyclic amines) is 1. The molecular formula is C19H20ClN3O3. The minimum Gasteiger partial charge on any atom is -0.317 e. The first kappa shape index (κ1) is 17.1. The highest BCUT2D eigenvalue weighted by Gasteiger charge is 2.57. The van der Waals surface area contributed by atoms with Gasteiger partial charge in [0.2, 0.25) is 11.8 Å². The van der Waals surface area contributed by atoms with Gasteiger partial charge in [-0.3, -0.25) is 14.5 Å². The average molecular weight is 374 g/mol. The van der Waals surface area contributed by atoms with E-state index in [1.54, 1.807) is 31.2 Å². The van der Waals surface area contributed by atoms with Gasteiger partial charge in [-0.05, 0) is 55.9 Å². The molecule has 7 heteroatoms. The number of carbonyl (C=O) groups excluding carboxylic acids is 3. The standard InChI is InChI=1S/C19H20ClN3O3/c1-10(21-19(26)22-14-8-6-13(20)7-9-14)23-17(24)15-11-2-3-12(5-4-11)16(15)18(23)25/h2-3,6-12,15-16H,4-5H2,1H3,(H2,21,22,26)/t10-,11+,12+,15-,16-/m1/s1. The highest BCUT2D eigenvalue weighted by atomic mass is 35.5. The van der Waals surface area contributed by atoms with Gasteiger partial charge in [-0.2, -0.15) is 0 Å². The Kier molecular flexibility index (Phi) is 4.23. The largest absolute Gasteiger partial charge is 0.320 e. The second-order valence-corrected chi connectivity index (χ2v) is 7.61. The summed E-state index contributed by atoms with van der Waals surface area (Å²) in [7, 11) is 0. The van der Waals surface area contributed by atoms with Crippen LogP contribution < -0.4 is 10.6 Å². The number of allylic oxidation sites excluding steroid dienone is 2. The summed E-state index contributed by atoms with van der Waals surface area (Å²) in [5.41, 5.74) is 0.578. The van der Waals surface area contributed by atoms with Crippen LogP contribution in [0.15, 0.2) is 36.4 Å². The lowest BCUT2D eigenvalue weighted by molar-refractivity contribution is -0.142. The van der Waals surface area contributed by atoms with Crippen LogP contribution in [0.4, 0.5) is 10.5 Å². The minimum atomic E-state index is -0.702. The van der Waals surface area contributed by atoms with E-state index in [9.17, 15) is 14.4 Å². The summed E-state index contributed by atoms with van der Waals surface area (Å²) in [5.74, 6) is -0.593. The van der Waals surface area contributed by atoms with Crippen LogP contribution in [-0.4, -0.2) is 28.9 Å². The van der Waals surface area contributed by atoms with Gasteiger partial charge in [0.25, 0.3) is 0 Å². The van der Waals surface area contributed by atoms with E-state index in [0.29, 0.717) is 10.7 Å². The topological polar surface area (TPSA) is 78.5 Å². The van der Waals surface area contributed by atoms with Crippen LogP contribution in [0.1, 0.15) is 19.8 Å². The first-order valence-corrected chi connectivity index (χ1v) is 9.22. The van der Waals surface area contributed by atoms with Crippen molar-refractivity contribution in [3.8, 4) is 0 Å². The van der Waals surface area contributed by atoms with Crippen LogP contribution >= 0.6 is 11.6 Å². The quantitative estimate of drug-likeness (QED) is 0.631. The molecule has 5 atom stereocenters. The highest BCUT2D eigenvalue weighted by molar-refractivity contribution is 6.30. The number of amides is 4. The predicted molar refractivity (Wildman–Crippen MR) is 97.3 cm³/mol. The van der Waals surface area contributed by atoms with Gasteiger partial charge in [0.15, 0.2) is 0 Å². The Labute approximate surface area is 156 Å². The van der Waals surface area contributed by atoms with Crippen LogP contribution in [-0.2, 0) is 9.59 Å². The Balaban J connectivity index is 1.44. The van der Waals surface area contributed by atoms with E-state index in [1.807, 2.05) is 0 Å². The molecule has 26 heavy (non-hydrogen) atoms. The molecule has 0 aromatic heterocycles. The molecule has 3 aliphatic carbocycles. The van der Waals surface area contributed by atoms with E-state index in [2.05, 4.69) is 22.8 Å². The molecule has 0 spiro atoms. The normalized spacial score (nSPS) is 30.3. The van der Waals surface area contributed by atoms with E-state index in [4.69, 9.17) is 11.6 Å². The Morgan fingerprint density at radius 2 is 1.62 bits per heavy atom. The van der Waals surface area contributed by atoms with Crippen molar-refractivity contribution in [2.24, 2.45) is 23.7 Å². The van der Waals surface area contributed by atoms with Crippen molar-refractivity contribution in [2.45, 2.75) is 25.9 Å². The Bertz CT molecular complexity index is 760. The summed E-state index contributed by atoms with van der Waals surface area (Å²) >= 11 is 5.82. The van der Waals surface area contributed by atoms with E-state index < -0.39 is 12.2 Å². The van der Waals surface area contributed by atoms with Gasteiger partial charge in [-0.25, -0.2) is 4.79 Å². The summed E-state index contributed by atoms with van der Waals surface area (Å²) in [4.78, 5) is 39.1. The maximum Gasteiger partial charge on any atom is 0.320 e. The number of benzene rings is 1. The number of halogens is 1. The third-order valence-corrected chi connectivity index (χ3v) is 5.87. The van der Waals surface area contributed by atoms with Gasteiger partial charge in [0.05, 0.1) is 11.8 Å². The molecule has 1 aromatic rings. The second-order valence-electron chi connectivity index (χ2n) is 7.17. The fourth-order valence-electron chi connectivity index (χ4n) is 4.43. The molecule has 4 aliphatic rings. The Morgan fingerprint density at radius 1 is 1.08 bits per heavy atom. The number of nitrogens with one attached hydrogen (secondary N) is 2. The second kappa shape index (κ2) is 6.43. The molecule has 6 nitrogen and oxygen atoms in total. The zero-order valence-corrected chi connectivity index (χ0v) is 15.1. The number of fused-ring (bicyclic) bond motifs is 1. The lowest BCUT2D eigenvalue weighted by Crippen LogP contribution is -2.50. The first-order chi connectivity index (χ1) is 12.5. The van der Waals surface area contributed by atoms with Crippen LogP contribution in [0.2, 0.25) is 5.02 Å². The molecule has 1 saturated heterocycles. The zero-order valence-electron chi connectivity index (χ0n) is 14.3. The SMILES string of the molecule is C[C@H](NC(=O)Nc1ccc(Cl)cc1)N1C(=O)[C@H]2[C@H](C1=O)[C@H]1C=C[C@H]2CC1. The molecule has 1 saturated carbocycles. The van der Waals surface area contributed by atoms with Gasteiger partial charge < -0.3 is 10.6 Å². The smallest absolute Gasteiger partial charge is 0.317 e. The molecule has 2 N–H and O–H groups in total. The molecule has 1 aliphatic heterocycles. The summed E-state index contributed by atoms with van der Waals surface area (Å²) in [6, 6.07) is 6.22. The Morgan fingerprint density at radius 3 is 2.12 bits per heavy atom. The van der Waals surface area contributed by atoms with Crippen LogP contribution in [0.5, 0.6) is 0 Å². The summed E-state index contributed by atoms with van der Waals surface area (Å²) in [5, 5.41) is 5.93. The van der Waals surface area contributed by atoms with Crippen molar-refractivity contribution in [1.82, 2.24) is 10.2 Å². The molecule has 136 valence electrons. The average Bonchev–Trinajstić information content (AvgIpc) is 2.91. The molecule has 5 rings (SSSR count). The van der Waals surface area contributed by atoms with Crippen molar-refractivity contribution in [2.75, 3.05) is 5.32 Å². The number of carbonyl (C=O) groups is 3. The molecule has 4 amide bonds. The molecule has 0 radical (unpaired) electrons. The zero-order chi connectivity index (χ0) is 18.4. The predicted octanol–water partition coefficient (Wildman–Crippen LogP) is 3.00. The maximum atomic E-state index is 12.8. The van der Waals surface area contributed by atoms with E-state index in [1.165, 1.54) is 4.90 Å². The van der Waals surface area contributed by atoms with Crippen LogP contribution in [0.25, 0.3) is 0 Å². The van der Waals surface area contributed by atoms with Gasteiger partial charge in [-0.1, -0.05) is 23.8 Å². The lowest BCUT2D eigenvalue weighted by Gasteiger charge is -2.38. The number of hydrogen-bond acceptors (Lipinski definition) is 3. The molecule has 1 heterocycles. The Hall–Kier alpha value is -2.34. The third kappa shape index (κ3) is 2.78. The van der Waals surface area contributed by atoms with Gasteiger partial charge in [-0.15, -0.1) is 0 Å². The maximum absolute atomic E-state index is 12.8.